The van der Waals surface area contributed by atoms with Gasteiger partial charge in [0.25, 0.3) is 5.91 Å². The number of aryl methyl sites for hydroxylation is 1. The minimum atomic E-state index is 0.0446. The van der Waals surface area contributed by atoms with Crippen LogP contribution in [0.1, 0.15) is 58.9 Å². The van der Waals surface area contributed by atoms with Crippen LogP contribution in [0.2, 0.25) is 0 Å². The zero-order chi connectivity index (χ0) is 18.4. The Bertz CT molecular complexity index is 810. The molecular formula is C22H26N2O2S. The van der Waals surface area contributed by atoms with Crippen LogP contribution in [0.4, 0.5) is 0 Å². The molecule has 4 fully saturated rings. The molecule has 6 rings (SSSR count). The average molecular weight is 383 g/mol. The van der Waals surface area contributed by atoms with E-state index in [0.717, 1.165) is 39.1 Å². The largest absolute Gasteiger partial charge is 0.486 e. The fourth-order valence-corrected chi connectivity index (χ4v) is 6.82. The van der Waals surface area contributed by atoms with E-state index in [1.807, 2.05) is 37.3 Å². The lowest BCUT2D eigenvalue weighted by Crippen LogP contribution is -2.59. The minimum Gasteiger partial charge on any atom is -0.486 e. The van der Waals surface area contributed by atoms with Gasteiger partial charge in [-0.2, -0.15) is 0 Å². The number of nitrogens with zero attached hydrogens (tertiary/aromatic N) is 1. The van der Waals surface area contributed by atoms with Crippen molar-refractivity contribution in [3.05, 3.63) is 45.9 Å². The molecule has 0 aliphatic heterocycles. The second-order valence-electron chi connectivity index (χ2n) is 8.78. The monoisotopic (exact) mass is 382 g/mol. The summed E-state index contributed by atoms with van der Waals surface area (Å²) in [5.74, 6) is 3.37. The molecule has 4 aliphatic carbocycles. The molecule has 0 radical (unpaired) electrons. The summed E-state index contributed by atoms with van der Waals surface area (Å²) in [5.41, 5.74) is 0.858. The van der Waals surface area contributed by atoms with Gasteiger partial charge in [-0.05, 0) is 75.3 Å². The van der Waals surface area contributed by atoms with Crippen molar-refractivity contribution in [2.75, 3.05) is 0 Å². The number of rotatable bonds is 5. The maximum atomic E-state index is 13.1. The molecule has 0 unspecified atom stereocenters. The highest BCUT2D eigenvalue weighted by atomic mass is 32.1. The van der Waals surface area contributed by atoms with E-state index in [4.69, 9.17) is 4.74 Å². The smallest absolute Gasteiger partial charge is 0.263 e. The molecule has 0 spiro atoms. The topological polar surface area (TPSA) is 51.2 Å². The van der Waals surface area contributed by atoms with Crippen LogP contribution in [-0.2, 0) is 6.61 Å². The lowest BCUT2D eigenvalue weighted by atomic mass is 9.53. The summed E-state index contributed by atoms with van der Waals surface area (Å²) in [5, 5.41) is 4.31. The third-order valence-electron chi connectivity index (χ3n) is 6.57. The van der Waals surface area contributed by atoms with Crippen molar-refractivity contribution >= 4 is 17.2 Å². The summed E-state index contributed by atoms with van der Waals surface area (Å²) >= 11 is 1.47. The second kappa shape index (κ2) is 6.62. The highest BCUT2D eigenvalue weighted by molar-refractivity contribution is 7.13. The first-order valence-electron chi connectivity index (χ1n) is 10.1. The molecule has 2 aromatic rings. The normalized spacial score (nSPS) is 31.1. The maximum absolute atomic E-state index is 13.1. The second-order valence-corrected chi connectivity index (χ2v) is 9.86. The van der Waals surface area contributed by atoms with E-state index >= 15 is 0 Å². The first-order valence-corrected chi connectivity index (χ1v) is 10.9. The number of nitrogens with one attached hydrogen (secondary N) is 1. The third kappa shape index (κ3) is 3.38. The SMILES string of the molecule is Cc1nc(COc2ccccc2)sc1C(=O)NC12CC3CC(CC(C3)C1)C2. The lowest BCUT2D eigenvalue weighted by molar-refractivity contribution is -0.0166. The summed E-state index contributed by atoms with van der Waals surface area (Å²) in [4.78, 5) is 18.4. The molecule has 142 valence electrons. The Morgan fingerprint density at radius 2 is 1.78 bits per heavy atom. The van der Waals surface area contributed by atoms with E-state index in [0.29, 0.717) is 6.61 Å². The number of ether oxygens (including phenoxy) is 1. The van der Waals surface area contributed by atoms with Crippen molar-refractivity contribution < 1.29 is 9.53 Å². The van der Waals surface area contributed by atoms with Crippen LogP contribution < -0.4 is 10.1 Å². The summed E-state index contributed by atoms with van der Waals surface area (Å²) in [6.07, 6.45) is 7.67. The highest BCUT2D eigenvalue weighted by Crippen LogP contribution is 2.55. The van der Waals surface area contributed by atoms with Gasteiger partial charge in [-0.15, -0.1) is 11.3 Å². The van der Waals surface area contributed by atoms with Crippen molar-refractivity contribution in [1.29, 1.82) is 0 Å². The zero-order valence-corrected chi connectivity index (χ0v) is 16.6. The first kappa shape index (κ1) is 17.2. The van der Waals surface area contributed by atoms with E-state index < -0.39 is 0 Å². The summed E-state index contributed by atoms with van der Waals surface area (Å²) in [6, 6.07) is 9.73. The predicted octanol–water partition coefficient (Wildman–Crippen LogP) is 4.73. The molecule has 1 aromatic heterocycles. The van der Waals surface area contributed by atoms with Gasteiger partial charge < -0.3 is 10.1 Å². The van der Waals surface area contributed by atoms with Gasteiger partial charge in [0.05, 0.1) is 5.69 Å². The van der Waals surface area contributed by atoms with Crippen LogP contribution >= 0.6 is 11.3 Å². The molecule has 5 heteroatoms. The van der Waals surface area contributed by atoms with Gasteiger partial charge in [-0.1, -0.05) is 18.2 Å². The Balaban J connectivity index is 1.27. The van der Waals surface area contributed by atoms with E-state index in [9.17, 15) is 4.79 Å². The number of para-hydroxylation sites is 1. The molecule has 1 aromatic carbocycles. The standard InChI is InChI=1S/C22H26N2O2S/c1-14-20(27-19(23-14)13-26-18-5-3-2-4-6-18)21(25)24-22-10-15-7-16(11-22)9-17(8-15)12-22/h2-6,15-17H,7-13H2,1H3,(H,24,25). The van der Waals surface area contributed by atoms with Crippen LogP contribution in [0, 0.1) is 24.7 Å². The molecule has 0 saturated heterocycles. The number of aromatic nitrogens is 1. The molecular weight excluding hydrogens is 356 g/mol. The van der Waals surface area contributed by atoms with Gasteiger partial charge in [0.15, 0.2) is 0 Å². The Morgan fingerprint density at radius 1 is 1.15 bits per heavy atom. The van der Waals surface area contributed by atoms with Crippen LogP contribution in [0.3, 0.4) is 0 Å². The Hall–Kier alpha value is -1.88. The Labute approximate surface area is 164 Å². The number of amides is 1. The minimum absolute atomic E-state index is 0.0446. The number of thiazole rings is 1. The Morgan fingerprint density at radius 3 is 2.41 bits per heavy atom. The molecule has 1 N–H and O–H groups in total. The number of carbonyl (C=O) groups is 1. The first-order chi connectivity index (χ1) is 13.1. The Kier molecular flexibility index (Phi) is 4.23. The number of benzene rings is 1. The van der Waals surface area contributed by atoms with Gasteiger partial charge in [0, 0.05) is 5.54 Å². The van der Waals surface area contributed by atoms with Crippen LogP contribution in [0.25, 0.3) is 0 Å². The number of carbonyl (C=O) groups excluding carboxylic acids is 1. The fourth-order valence-electron chi connectivity index (χ4n) is 5.95. The predicted molar refractivity (Wildman–Crippen MR) is 106 cm³/mol. The third-order valence-corrected chi connectivity index (χ3v) is 7.70. The molecule has 4 saturated carbocycles. The van der Waals surface area contributed by atoms with E-state index in [-0.39, 0.29) is 11.4 Å². The molecule has 1 heterocycles. The summed E-state index contributed by atoms with van der Waals surface area (Å²) < 4.78 is 5.79. The van der Waals surface area contributed by atoms with Crippen molar-refractivity contribution in [2.24, 2.45) is 17.8 Å². The lowest BCUT2D eigenvalue weighted by Gasteiger charge is -2.56. The molecule has 4 aliphatic rings. The van der Waals surface area contributed by atoms with Gasteiger partial charge >= 0.3 is 0 Å². The van der Waals surface area contributed by atoms with Crippen molar-refractivity contribution in [1.82, 2.24) is 10.3 Å². The van der Waals surface area contributed by atoms with Gasteiger partial charge in [0.1, 0.15) is 22.2 Å². The molecule has 27 heavy (non-hydrogen) atoms. The zero-order valence-electron chi connectivity index (χ0n) is 15.7. The average Bonchev–Trinajstić information content (AvgIpc) is 3.00. The maximum Gasteiger partial charge on any atom is 0.263 e. The van der Waals surface area contributed by atoms with Gasteiger partial charge in [0.2, 0.25) is 0 Å². The number of hydrogen-bond donors (Lipinski definition) is 1. The van der Waals surface area contributed by atoms with Gasteiger partial charge in [-0.25, -0.2) is 4.98 Å². The van der Waals surface area contributed by atoms with Crippen LogP contribution in [0.5, 0.6) is 5.75 Å². The van der Waals surface area contributed by atoms with E-state index in [1.54, 1.807) is 0 Å². The highest BCUT2D eigenvalue weighted by Gasteiger charge is 2.51. The molecule has 0 atom stereocenters. The van der Waals surface area contributed by atoms with Crippen molar-refractivity contribution in [3.63, 3.8) is 0 Å². The molecule has 4 bridgehead atoms. The molecule has 4 nitrogen and oxygen atoms in total. The quantitative estimate of drug-likeness (QED) is 0.813. The number of hydrogen-bond acceptors (Lipinski definition) is 4. The van der Waals surface area contributed by atoms with Crippen molar-refractivity contribution in [2.45, 2.75) is 57.6 Å². The van der Waals surface area contributed by atoms with Gasteiger partial charge in [-0.3, -0.25) is 4.79 Å². The van der Waals surface area contributed by atoms with E-state index in [2.05, 4.69) is 10.3 Å². The summed E-state index contributed by atoms with van der Waals surface area (Å²) in [6.45, 7) is 2.33. The van der Waals surface area contributed by atoms with Crippen molar-refractivity contribution in [3.8, 4) is 5.75 Å². The van der Waals surface area contributed by atoms with E-state index in [1.165, 1.54) is 49.9 Å². The van der Waals surface area contributed by atoms with Crippen LogP contribution in [0.15, 0.2) is 30.3 Å². The fraction of sp³-hybridized carbons (Fsp3) is 0.545. The molecule has 1 amide bonds. The summed E-state index contributed by atoms with van der Waals surface area (Å²) in [7, 11) is 0. The van der Waals surface area contributed by atoms with Crippen LogP contribution in [-0.4, -0.2) is 16.4 Å².